The Morgan fingerprint density at radius 3 is 2.47 bits per heavy atom. The third-order valence-electron chi connectivity index (χ3n) is 2.84. The molecule has 3 heteroatoms. The van der Waals surface area contributed by atoms with Gasteiger partial charge in [-0.25, -0.2) is 0 Å². The van der Waals surface area contributed by atoms with Gasteiger partial charge in [-0.15, -0.1) is 0 Å². The normalized spacial score (nSPS) is 10.8. The molecule has 1 aromatic carbocycles. The molecular weight excluding hydrogens is 238 g/mol. The van der Waals surface area contributed by atoms with Crippen molar-refractivity contribution in [2.24, 2.45) is 0 Å². The number of aryl methyl sites for hydroxylation is 1. The van der Waals surface area contributed by atoms with Crippen molar-refractivity contribution in [1.82, 2.24) is 4.98 Å². The van der Waals surface area contributed by atoms with E-state index in [-0.39, 0.29) is 12.7 Å². The summed E-state index contributed by atoms with van der Waals surface area (Å²) in [7, 11) is 0. The zero-order chi connectivity index (χ0) is 13.8. The zero-order valence-electron chi connectivity index (χ0n) is 11.6. The van der Waals surface area contributed by atoms with Crippen LogP contribution in [0.25, 0.3) is 11.1 Å². The first-order chi connectivity index (χ1) is 9.10. The molecule has 0 unspecified atom stereocenters. The highest BCUT2D eigenvalue weighted by Gasteiger charge is 2.08. The molecule has 1 N–H and O–H groups in total. The molecule has 100 valence electrons. The van der Waals surface area contributed by atoms with Gasteiger partial charge in [-0.05, 0) is 38.5 Å². The van der Waals surface area contributed by atoms with E-state index in [0.29, 0.717) is 0 Å². The number of ether oxygens (including phenoxy) is 1. The molecule has 0 spiro atoms. The van der Waals surface area contributed by atoms with Gasteiger partial charge in [0, 0.05) is 23.0 Å². The number of aromatic nitrogens is 1. The molecule has 0 aliphatic rings. The maximum atomic E-state index is 9.34. The van der Waals surface area contributed by atoms with Crippen molar-refractivity contribution in [2.75, 3.05) is 0 Å². The zero-order valence-corrected chi connectivity index (χ0v) is 11.6. The Hall–Kier alpha value is -1.87. The van der Waals surface area contributed by atoms with Crippen LogP contribution in [0.5, 0.6) is 5.75 Å². The highest BCUT2D eigenvalue weighted by molar-refractivity contribution is 5.65. The van der Waals surface area contributed by atoms with Gasteiger partial charge in [0.2, 0.25) is 0 Å². The van der Waals surface area contributed by atoms with Crippen molar-refractivity contribution in [1.29, 1.82) is 0 Å². The molecule has 0 saturated carbocycles. The molecule has 19 heavy (non-hydrogen) atoms. The van der Waals surface area contributed by atoms with Gasteiger partial charge in [-0.3, -0.25) is 4.98 Å². The first-order valence-electron chi connectivity index (χ1n) is 6.43. The van der Waals surface area contributed by atoms with Gasteiger partial charge in [-0.1, -0.05) is 18.2 Å². The van der Waals surface area contributed by atoms with E-state index in [4.69, 9.17) is 4.74 Å². The van der Waals surface area contributed by atoms with Crippen LogP contribution in [0.1, 0.15) is 25.1 Å². The summed E-state index contributed by atoms with van der Waals surface area (Å²) in [5, 5.41) is 9.34. The molecule has 0 bridgehead atoms. The largest absolute Gasteiger partial charge is 0.491 e. The lowest BCUT2D eigenvalue weighted by molar-refractivity contribution is 0.225. The fourth-order valence-electron chi connectivity index (χ4n) is 1.87. The van der Waals surface area contributed by atoms with Crippen LogP contribution in [0.15, 0.2) is 36.5 Å². The average Bonchev–Trinajstić information content (AvgIpc) is 2.39. The van der Waals surface area contributed by atoms with Gasteiger partial charge in [0.15, 0.2) is 0 Å². The van der Waals surface area contributed by atoms with Gasteiger partial charge in [0.1, 0.15) is 5.75 Å². The Bertz CT molecular complexity index is 547. The van der Waals surface area contributed by atoms with Gasteiger partial charge >= 0.3 is 0 Å². The summed E-state index contributed by atoms with van der Waals surface area (Å²) in [6.45, 7) is 5.89. The van der Waals surface area contributed by atoms with Crippen molar-refractivity contribution in [3.63, 3.8) is 0 Å². The van der Waals surface area contributed by atoms with E-state index in [0.717, 1.165) is 28.1 Å². The molecule has 3 nitrogen and oxygen atoms in total. The van der Waals surface area contributed by atoms with Gasteiger partial charge in [0.25, 0.3) is 0 Å². The van der Waals surface area contributed by atoms with Crippen LogP contribution >= 0.6 is 0 Å². The molecule has 2 aromatic rings. The number of pyridine rings is 1. The molecule has 0 aliphatic carbocycles. The monoisotopic (exact) mass is 257 g/mol. The lowest BCUT2D eigenvalue weighted by Gasteiger charge is -2.14. The Labute approximate surface area is 113 Å². The molecular formula is C16H19NO2. The number of benzene rings is 1. The fraction of sp³-hybridized carbons (Fsp3) is 0.312. The molecule has 1 aromatic heterocycles. The summed E-state index contributed by atoms with van der Waals surface area (Å²) in [6.07, 6.45) is 1.93. The van der Waals surface area contributed by atoms with Crippen LogP contribution in [0.4, 0.5) is 0 Å². The maximum absolute atomic E-state index is 9.34. The number of hydrogen-bond donors (Lipinski definition) is 1. The van der Waals surface area contributed by atoms with Gasteiger partial charge in [-0.2, -0.15) is 0 Å². The molecule has 0 fully saturated rings. The molecule has 0 atom stereocenters. The molecule has 0 saturated heterocycles. The van der Waals surface area contributed by atoms with Crippen molar-refractivity contribution < 1.29 is 9.84 Å². The quantitative estimate of drug-likeness (QED) is 0.913. The average molecular weight is 257 g/mol. The second kappa shape index (κ2) is 5.85. The number of aliphatic hydroxyl groups excluding tert-OH is 1. The maximum Gasteiger partial charge on any atom is 0.125 e. The molecule has 0 radical (unpaired) electrons. The predicted molar refractivity (Wildman–Crippen MR) is 76.1 cm³/mol. The van der Waals surface area contributed by atoms with Crippen molar-refractivity contribution in [3.8, 4) is 16.9 Å². The highest BCUT2D eigenvalue weighted by atomic mass is 16.5. The standard InChI is InChI=1S/C16H19NO2/c1-11(2)19-16-8-13(6-7-15(16)10-18)14-5-4-12(3)17-9-14/h4-9,11,18H,10H2,1-3H3. The van der Waals surface area contributed by atoms with E-state index in [1.54, 1.807) is 0 Å². The number of aliphatic hydroxyl groups is 1. The van der Waals surface area contributed by atoms with Crippen molar-refractivity contribution in [3.05, 3.63) is 47.8 Å². The number of nitrogens with zero attached hydrogens (tertiary/aromatic N) is 1. The smallest absolute Gasteiger partial charge is 0.125 e. The molecule has 0 amide bonds. The molecule has 2 rings (SSSR count). The Kier molecular flexibility index (Phi) is 4.17. The minimum absolute atomic E-state index is 0.0194. The summed E-state index contributed by atoms with van der Waals surface area (Å²) in [6, 6.07) is 9.85. The van der Waals surface area contributed by atoms with E-state index < -0.39 is 0 Å². The SMILES string of the molecule is Cc1ccc(-c2ccc(CO)c(OC(C)C)c2)cn1. The Morgan fingerprint density at radius 2 is 1.89 bits per heavy atom. The van der Waals surface area contributed by atoms with Gasteiger partial charge in [0.05, 0.1) is 12.7 Å². The van der Waals surface area contributed by atoms with E-state index in [2.05, 4.69) is 4.98 Å². The number of rotatable bonds is 4. The predicted octanol–water partition coefficient (Wildman–Crippen LogP) is 3.34. The minimum Gasteiger partial charge on any atom is -0.491 e. The Balaban J connectivity index is 2.39. The molecule has 0 aliphatic heterocycles. The summed E-state index contributed by atoms with van der Waals surface area (Å²) in [5.74, 6) is 0.732. The third-order valence-corrected chi connectivity index (χ3v) is 2.84. The van der Waals surface area contributed by atoms with Crippen LogP contribution in [-0.4, -0.2) is 16.2 Å². The molecule has 1 heterocycles. The first kappa shape index (κ1) is 13.6. The van der Waals surface area contributed by atoms with E-state index in [1.807, 2.05) is 57.3 Å². The van der Waals surface area contributed by atoms with Crippen LogP contribution in [-0.2, 0) is 6.61 Å². The summed E-state index contributed by atoms with van der Waals surface area (Å²) >= 11 is 0. The highest BCUT2D eigenvalue weighted by Crippen LogP contribution is 2.28. The van der Waals surface area contributed by atoms with Crippen LogP contribution in [0.2, 0.25) is 0 Å². The van der Waals surface area contributed by atoms with Crippen LogP contribution in [0, 0.1) is 6.92 Å². The fourth-order valence-corrected chi connectivity index (χ4v) is 1.87. The second-order valence-corrected chi connectivity index (χ2v) is 4.84. The third kappa shape index (κ3) is 3.32. The summed E-state index contributed by atoms with van der Waals surface area (Å²) in [4.78, 5) is 4.30. The second-order valence-electron chi connectivity index (χ2n) is 4.84. The topological polar surface area (TPSA) is 42.4 Å². The number of hydrogen-bond acceptors (Lipinski definition) is 3. The van der Waals surface area contributed by atoms with Gasteiger partial charge < -0.3 is 9.84 Å². The van der Waals surface area contributed by atoms with Crippen molar-refractivity contribution >= 4 is 0 Å². The van der Waals surface area contributed by atoms with E-state index in [9.17, 15) is 5.11 Å². The van der Waals surface area contributed by atoms with E-state index in [1.165, 1.54) is 0 Å². The summed E-state index contributed by atoms with van der Waals surface area (Å²) < 4.78 is 5.74. The van der Waals surface area contributed by atoms with Crippen LogP contribution < -0.4 is 4.74 Å². The van der Waals surface area contributed by atoms with Crippen molar-refractivity contribution in [2.45, 2.75) is 33.5 Å². The van der Waals surface area contributed by atoms with Crippen LogP contribution in [0.3, 0.4) is 0 Å². The Morgan fingerprint density at radius 1 is 1.16 bits per heavy atom. The minimum atomic E-state index is -0.0194. The lowest BCUT2D eigenvalue weighted by Crippen LogP contribution is -2.07. The summed E-state index contributed by atoms with van der Waals surface area (Å²) in [5.41, 5.74) is 3.89. The lowest BCUT2D eigenvalue weighted by atomic mass is 10.0. The first-order valence-corrected chi connectivity index (χ1v) is 6.43. The van der Waals surface area contributed by atoms with E-state index >= 15 is 0 Å².